The first-order valence-corrected chi connectivity index (χ1v) is 7.56. The van der Waals surface area contributed by atoms with E-state index in [4.69, 9.17) is 9.47 Å². The third kappa shape index (κ3) is 3.38. The highest BCUT2D eigenvalue weighted by molar-refractivity contribution is 5.64. The van der Waals surface area contributed by atoms with Crippen molar-refractivity contribution in [3.05, 3.63) is 42.1 Å². The van der Waals surface area contributed by atoms with Crippen LogP contribution in [0.4, 0.5) is 13.2 Å². The fourth-order valence-electron chi connectivity index (χ4n) is 2.42. The van der Waals surface area contributed by atoms with Crippen LogP contribution < -0.4 is 9.47 Å². The highest BCUT2D eigenvalue weighted by atomic mass is 19.4. The molecule has 1 aromatic carbocycles. The predicted octanol–water partition coefficient (Wildman–Crippen LogP) is 4.21. The number of hydrogen-bond acceptors (Lipinski definition) is 4. The van der Waals surface area contributed by atoms with Crippen LogP contribution in [0.3, 0.4) is 0 Å². The van der Waals surface area contributed by atoms with Gasteiger partial charge < -0.3 is 9.47 Å². The second kappa shape index (κ2) is 6.27. The number of aromatic nitrogens is 3. The molecule has 0 atom stereocenters. The minimum atomic E-state index is -4.44. The summed E-state index contributed by atoms with van der Waals surface area (Å²) in [5, 5.41) is 7.94. The molecular weight excluding hydrogens is 335 g/mol. The Bertz CT molecular complexity index is 904. The molecule has 0 saturated carbocycles. The molecule has 0 aliphatic rings. The lowest BCUT2D eigenvalue weighted by molar-refractivity contribution is -0.137. The van der Waals surface area contributed by atoms with E-state index < -0.39 is 11.7 Å². The second-order valence-electron chi connectivity index (χ2n) is 5.70. The molecule has 0 aliphatic carbocycles. The number of benzene rings is 1. The standard InChI is InChI=1S/C17H16F3N3O2/c1-10(2)25-14-8-11(4-6-13(14)24-3)16-22-21-15-7-5-12(9-23(15)16)17(18,19)20/h4-10H,1-3H3. The molecule has 0 saturated heterocycles. The van der Waals surface area contributed by atoms with E-state index in [0.29, 0.717) is 22.7 Å². The molecule has 0 radical (unpaired) electrons. The van der Waals surface area contributed by atoms with Gasteiger partial charge in [-0.15, -0.1) is 10.2 Å². The first-order valence-electron chi connectivity index (χ1n) is 7.56. The van der Waals surface area contributed by atoms with Gasteiger partial charge in [0.25, 0.3) is 0 Å². The minimum absolute atomic E-state index is 0.0869. The molecule has 0 bridgehead atoms. The van der Waals surface area contributed by atoms with E-state index in [1.54, 1.807) is 18.2 Å². The Morgan fingerprint density at radius 1 is 1.04 bits per heavy atom. The number of pyridine rings is 1. The van der Waals surface area contributed by atoms with E-state index in [0.717, 1.165) is 12.3 Å². The fraction of sp³-hybridized carbons (Fsp3) is 0.294. The maximum Gasteiger partial charge on any atom is 0.417 e. The monoisotopic (exact) mass is 351 g/mol. The van der Waals surface area contributed by atoms with Crippen LogP contribution in [-0.4, -0.2) is 27.8 Å². The maximum absolute atomic E-state index is 13.0. The van der Waals surface area contributed by atoms with Crippen LogP contribution >= 0.6 is 0 Å². The zero-order chi connectivity index (χ0) is 18.2. The summed E-state index contributed by atoms with van der Waals surface area (Å²) in [7, 11) is 1.52. The van der Waals surface area contributed by atoms with Crippen molar-refractivity contribution in [3.63, 3.8) is 0 Å². The van der Waals surface area contributed by atoms with Crippen LogP contribution in [0, 0.1) is 0 Å². The second-order valence-corrected chi connectivity index (χ2v) is 5.70. The smallest absolute Gasteiger partial charge is 0.417 e. The van der Waals surface area contributed by atoms with Crippen molar-refractivity contribution in [2.24, 2.45) is 0 Å². The Balaban J connectivity index is 2.12. The summed E-state index contributed by atoms with van der Waals surface area (Å²) in [6, 6.07) is 7.32. The van der Waals surface area contributed by atoms with Crippen molar-refractivity contribution in [2.75, 3.05) is 7.11 Å². The molecule has 2 heterocycles. The number of alkyl halides is 3. The van der Waals surface area contributed by atoms with Crippen molar-refractivity contribution in [1.82, 2.24) is 14.6 Å². The molecule has 3 rings (SSSR count). The molecule has 0 amide bonds. The molecule has 132 valence electrons. The molecule has 0 unspecified atom stereocenters. The van der Waals surface area contributed by atoms with Crippen LogP contribution in [0.15, 0.2) is 36.5 Å². The summed E-state index contributed by atoms with van der Waals surface area (Å²) in [4.78, 5) is 0. The molecule has 8 heteroatoms. The van der Waals surface area contributed by atoms with Crippen molar-refractivity contribution in [3.8, 4) is 22.9 Å². The minimum Gasteiger partial charge on any atom is -0.493 e. The summed E-state index contributed by atoms with van der Waals surface area (Å²) < 4.78 is 51.2. The van der Waals surface area contributed by atoms with E-state index in [1.165, 1.54) is 17.6 Å². The molecule has 0 N–H and O–H groups in total. The van der Waals surface area contributed by atoms with Crippen LogP contribution in [0.1, 0.15) is 19.4 Å². The van der Waals surface area contributed by atoms with E-state index >= 15 is 0 Å². The topological polar surface area (TPSA) is 48.7 Å². The first kappa shape index (κ1) is 17.1. The van der Waals surface area contributed by atoms with Gasteiger partial charge in [0.15, 0.2) is 23.0 Å². The fourth-order valence-corrected chi connectivity index (χ4v) is 2.42. The number of ether oxygens (including phenoxy) is 2. The summed E-state index contributed by atoms with van der Waals surface area (Å²) in [5.74, 6) is 1.30. The Morgan fingerprint density at radius 3 is 2.44 bits per heavy atom. The maximum atomic E-state index is 13.0. The van der Waals surface area contributed by atoms with Crippen molar-refractivity contribution >= 4 is 5.65 Å². The number of nitrogens with zero attached hydrogens (tertiary/aromatic N) is 3. The average Bonchev–Trinajstić information content (AvgIpc) is 2.96. The van der Waals surface area contributed by atoms with Gasteiger partial charge in [-0.2, -0.15) is 13.2 Å². The van der Waals surface area contributed by atoms with Crippen molar-refractivity contribution in [1.29, 1.82) is 0 Å². The highest BCUT2D eigenvalue weighted by Gasteiger charge is 2.31. The Labute approximate surface area is 142 Å². The highest BCUT2D eigenvalue weighted by Crippen LogP contribution is 2.34. The Morgan fingerprint density at radius 2 is 1.80 bits per heavy atom. The number of methoxy groups -OCH3 is 1. The van der Waals surface area contributed by atoms with Gasteiger partial charge in [0.05, 0.1) is 18.8 Å². The van der Waals surface area contributed by atoms with Crippen molar-refractivity contribution in [2.45, 2.75) is 26.1 Å². The van der Waals surface area contributed by atoms with Crippen LogP contribution in [0.25, 0.3) is 17.0 Å². The van der Waals surface area contributed by atoms with Gasteiger partial charge >= 0.3 is 6.18 Å². The zero-order valence-electron chi connectivity index (χ0n) is 13.8. The largest absolute Gasteiger partial charge is 0.493 e. The molecule has 25 heavy (non-hydrogen) atoms. The quantitative estimate of drug-likeness (QED) is 0.706. The van der Waals surface area contributed by atoms with E-state index in [9.17, 15) is 13.2 Å². The van der Waals surface area contributed by atoms with Gasteiger partial charge in [0.1, 0.15) is 0 Å². The van der Waals surface area contributed by atoms with Gasteiger partial charge in [0, 0.05) is 11.8 Å². The lowest BCUT2D eigenvalue weighted by atomic mass is 10.2. The summed E-state index contributed by atoms with van der Waals surface area (Å²) in [6.07, 6.45) is -3.55. The molecule has 2 aromatic heterocycles. The van der Waals surface area contributed by atoms with E-state index in [-0.39, 0.29) is 11.9 Å². The average molecular weight is 351 g/mol. The van der Waals surface area contributed by atoms with Gasteiger partial charge in [0.2, 0.25) is 0 Å². The lowest BCUT2D eigenvalue weighted by Gasteiger charge is -2.14. The molecular formula is C17H16F3N3O2. The normalized spacial score (nSPS) is 12.0. The molecule has 3 aromatic rings. The van der Waals surface area contributed by atoms with E-state index in [2.05, 4.69) is 10.2 Å². The van der Waals surface area contributed by atoms with Gasteiger partial charge in [-0.1, -0.05) is 0 Å². The number of rotatable bonds is 4. The number of hydrogen-bond donors (Lipinski definition) is 0. The Kier molecular flexibility index (Phi) is 4.28. The van der Waals surface area contributed by atoms with Gasteiger partial charge in [-0.3, -0.25) is 4.40 Å². The SMILES string of the molecule is COc1ccc(-c2nnc3ccc(C(F)(F)F)cn23)cc1OC(C)C. The summed E-state index contributed by atoms with van der Waals surface area (Å²) in [5.41, 5.74) is 0.127. The third-order valence-corrected chi connectivity index (χ3v) is 3.51. The molecule has 0 aliphatic heterocycles. The third-order valence-electron chi connectivity index (χ3n) is 3.51. The molecule has 5 nitrogen and oxygen atoms in total. The number of fused-ring (bicyclic) bond motifs is 1. The van der Waals surface area contributed by atoms with Crippen LogP contribution in [-0.2, 0) is 6.18 Å². The van der Waals surface area contributed by atoms with Gasteiger partial charge in [-0.25, -0.2) is 0 Å². The molecule has 0 fully saturated rings. The van der Waals surface area contributed by atoms with Crippen LogP contribution in [0.5, 0.6) is 11.5 Å². The first-order chi connectivity index (χ1) is 11.8. The van der Waals surface area contributed by atoms with Gasteiger partial charge in [-0.05, 0) is 44.2 Å². The summed E-state index contributed by atoms with van der Waals surface area (Å²) in [6.45, 7) is 3.74. The zero-order valence-corrected chi connectivity index (χ0v) is 13.8. The Hall–Kier alpha value is -2.77. The van der Waals surface area contributed by atoms with E-state index in [1.807, 2.05) is 13.8 Å². The lowest BCUT2D eigenvalue weighted by Crippen LogP contribution is -2.07. The number of halogens is 3. The predicted molar refractivity (Wildman–Crippen MR) is 85.7 cm³/mol. The van der Waals surface area contributed by atoms with Crippen molar-refractivity contribution < 1.29 is 22.6 Å². The molecule has 0 spiro atoms. The summed E-state index contributed by atoms with van der Waals surface area (Å²) >= 11 is 0. The van der Waals surface area contributed by atoms with Crippen LogP contribution in [0.2, 0.25) is 0 Å².